The van der Waals surface area contributed by atoms with Gasteiger partial charge in [-0.3, -0.25) is 9.78 Å². The molecule has 1 aromatic carbocycles. The quantitative estimate of drug-likeness (QED) is 0.591. The lowest BCUT2D eigenvalue weighted by atomic mass is 10.3. The third-order valence-corrected chi connectivity index (χ3v) is 5.08. The number of para-hydroxylation sites is 2. The molecule has 1 N–H and O–H groups in total. The van der Waals surface area contributed by atoms with Gasteiger partial charge in [0, 0.05) is 5.92 Å². The molecule has 26 heavy (non-hydrogen) atoms. The van der Waals surface area contributed by atoms with Gasteiger partial charge < -0.3 is 9.84 Å². The maximum absolute atomic E-state index is 12.6. The molecule has 7 nitrogen and oxygen atoms in total. The van der Waals surface area contributed by atoms with Crippen LogP contribution >= 0.6 is 11.3 Å². The van der Waals surface area contributed by atoms with Crippen LogP contribution in [-0.2, 0) is 0 Å². The molecular weight excluding hydrogens is 350 g/mol. The SMILES string of the molecule is O=C(Nc1ccsc1-c1nc(C2CC2)no1)c1cnc2ccccc2n1. The first kappa shape index (κ1) is 15.2. The minimum absolute atomic E-state index is 0.255. The molecule has 1 saturated carbocycles. The van der Waals surface area contributed by atoms with Crippen molar-refractivity contribution in [3.05, 3.63) is 53.4 Å². The Bertz CT molecular complexity index is 1120. The van der Waals surface area contributed by atoms with Gasteiger partial charge in [0.05, 0.1) is 22.9 Å². The second-order valence-corrected chi connectivity index (χ2v) is 7.01. The van der Waals surface area contributed by atoms with Crippen molar-refractivity contribution < 1.29 is 9.32 Å². The number of hydrogen-bond acceptors (Lipinski definition) is 7. The maximum Gasteiger partial charge on any atom is 0.275 e. The number of carbonyl (C=O) groups excluding carboxylic acids is 1. The fourth-order valence-corrected chi connectivity index (χ4v) is 3.43. The van der Waals surface area contributed by atoms with Crippen LogP contribution in [0.15, 0.2) is 46.4 Å². The molecule has 128 valence electrons. The van der Waals surface area contributed by atoms with Gasteiger partial charge in [-0.2, -0.15) is 4.98 Å². The molecule has 0 aliphatic heterocycles. The van der Waals surface area contributed by atoms with E-state index < -0.39 is 0 Å². The molecule has 3 heterocycles. The van der Waals surface area contributed by atoms with Crippen molar-refractivity contribution in [1.82, 2.24) is 20.1 Å². The van der Waals surface area contributed by atoms with Crippen LogP contribution in [0.3, 0.4) is 0 Å². The van der Waals surface area contributed by atoms with Gasteiger partial charge in [-0.05, 0) is 36.4 Å². The molecule has 3 aromatic heterocycles. The second kappa shape index (κ2) is 5.99. The first-order valence-corrected chi connectivity index (χ1v) is 9.10. The van der Waals surface area contributed by atoms with Gasteiger partial charge in [0.25, 0.3) is 11.8 Å². The molecule has 1 aliphatic rings. The zero-order chi connectivity index (χ0) is 17.5. The second-order valence-electron chi connectivity index (χ2n) is 6.09. The number of anilines is 1. The van der Waals surface area contributed by atoms with Crippen LogP contribution < -0.4 is 5.32 Å². The summed E-state index contributed by atoms with van der Waals surface area (Å²) >= 11 is 1.44. The van der Waals surface area contributed by atoms with Gasteiger partial charge >= 0.3 is 0 Å². The van der Waals surface area contributed by atoms with Crippen molar-refractivity contribution in [3.8, 4) is 10.8 Å². The van der Waals surface area contributed by atoms with Crippen molar-refractivity contribution in [3.63, 3.8) is 0 Å². The van der Waals surface area contributed by atoms with Gasteiger partial charge in [0.1, 0.15) is 10.6 Å². The molecule has 0 radical (unpaired) electrons. The van der Waals surface area contributed by atoms with Crippen LogP contribution in [0.1, 0.15) is 35.1 Å². The topological polar surface area (TPSA) is 93.8 Å². The largest absolute Gasteiger partial charge is 0.333 e. The third kappa shape index (κ3) is 2.74. The molecular formula is C18H13N5O2S. The first-order chi connectivity index (χ1) is 12.8. The normalized spacial score (nSPS) is 13.8. The summed E-state index contributed by atoms with van der Waals surface area (Å²) in [7, 11) is 0. The van der Waals surface area contributed by atoms with E-state index in [0.717, 1.165) is 29.1 Å². The van der Waals surface area contributed by atoms with Crippen molar-refractivity contribution in [2.75, 3.05) is 5.32 Å². The van der Waals surface area contributed by atoms with Gasteiger partial charge in [0.2, 0.25) is 0 Å². The Kier molecular flexibility index (Phi) is 3.49. The zero-order valence-electron chi connectivity index (χ0n) is 13.5. The maximum atomic E-state index is 12.6. The highest BCUT2D eigenvalue weighted by Crippen LogP contribution is 2.40. The zero-order valence-corrected chi connectivity index (χ0v) is 14.4. The molecule has 0 bridgehead atoms. The summed E-state index contributed by atoms with van der Waals surface area (Å²) in [5.41, 5.74) is 2.31. The highest BCUT2D eigenvalue weighted by molar-refractivity contribution is 7.14. The van der Waals surface area contributed by atoms with E-state index in [0.29, 0.717) is 23.0 Å². The predicted molar refractivity (Wildman–Crippen MR) is 97.1 cm³/mol. The average molecular weight is 363 g/mol. The molecule has 8 heteroatoms. The van der Waals surface area contributed by atoms with E-state index in [2.05, 4.69) is 25.4 Å². The third-order valence-electron chi connectivity index (χ3n) is 4.17. The average Bonchev–Trinajstić information content (AvgIpc) is 3.23. The van der Waals surface area contributed by atoms with Gasteiger partial charge in [-0.25, -0.2) is 4.98 Å². The molecule has 5 rings (SSSR count). The number of carbonyl (C=O) groups is 1. The number of fused-ring (bicyclic) bond motifs is 1. The number of thiophene rings is 1. The number of nitrogens with zero attached hydrogens (tertiary/aromatic N) is 4. The Morgan fingerprint density at radius 2 is 2.00 bits per heavy atom. The van der Waals surface area contributed by atoms with Gasteiger partial charge in [-0.15, -0.1) is 11.3 Å². The van der Waals surface area contributed by atoms with E-state index in [1.54, 1.807) is 0 Å². The monoisotopic (exact) mass is 363 g/mol. The van der Waals surface area contributed by atoms with Crippen LogP contribution in [0.5, 0.6) is 0 Å². The molecule has 4 aromatic rings. The summed E-state index contributed by atoms with van der Waals surface area (Å²) < 4.78 is 5.37. The Hall–Kier alpha value is -3.13. The molecule has 0 spiro atoms. The van der Waals surface area contributed by atoms with Gasteiger partial charge in [-0.1, -0.05) is 17.3 Å². The van der Waals surface area contributed by atoms with E-state index in [4.69, 9.17) is 4.52 Å². The number of benzene rings is 1. The van der Waals surface area contributed by atoms with E-state index in [-0.39, 0.29) is 11.6 Å². The van der Waals surface area contributed by atoms with E-state index in [1.807, 2.05) is 35.7 Å². The Morgan fingerprint density at radius 1 is 1.15 bits per heavy atom. The molecule has 1 amide bonds. The standard InChI is InChI=1S/C18H13N5O2S/c24-17(14-9-19-11-3-1-2-4-12(11)20-14)21-13-7-8-26-15(13)18-22-16(23-25-18)10-5-6-10/h1-4,7-10H,5-6H2,(H,21,24). The summed E-state index contributed by atoms with van der Waals surface area (Å²) in [6, 6.07) is 9.24. The van der Waals surface area contributed by atoms with E-state index in [1.165, 1.54) is 17.5 Å². The number of hydrogen-bond donors (Lipinski definition) is 1. The lowest BCUT2D eigenvalue weighted by molar-refractivity contribution is 0.102. The Labute approximate surface area is 152 Å². The van der Waals surface area contributed by atoms with Crippen molar-refractivity contribution in [1.29, 1.82) is 0 Å². The first-order valence-electron chi connectivity index (χ1n) is 8.22. The van der Waals surface area contributed by atoms with Crippen LogP contribution in [0.25, 0.3) is 21.8 Å². The molecule has 1 fully saturated rings. The molecule has 0 unspecified atom stereocenters. The van der Waals surface area contributed by atoms with Crippen LogP contribution in [0.4, 0.5) is 5.69 Å². The fourth-order valence-electron chi connectivity index (χ4n) is 2.66. The Balaban J connectivity index is 1.41. The minimum atomic E-state index is -0.329. The summed E-state index contributed by atoms with van der Waals surface area (Å²) in [5, 5.41) is 8.77. The summed E-state index contributed by atoms with van der Waals surface area (Å²) in [6.45, 7) is 0. The lowest BCUT2D eigenvalue weighted by Gasteiger charge is -2.05. The van der Waals surface area contributed by atoms with Gasteiger partial charge in [0.15, 0.2) is 5.82 Å². The molecule has 0 atom stereocenters. The van der Waals surface area contributed by atoms with Crippen molar-refractivity contribution in [2.24, 2.45) is 0 Å². The summed E-state index contributed by atoms with van der Waals surface area (Å²) in [6.07, 6.45) is 3.68. The smallest absolute Gasteiger partial charge is 0.275 e. The van der Waals surface area contributed by atoms with E-state index in [9.17, 15) is 4.79 Å². The van der Waals surface area contributed by atoms with Crippen molar-refractivity contribution >= 4 is 34.0 Å². The molecule has 0 saturated heterocycles. The number of amides is 1. The van der Waals surface area contributed by atoms with Crippen LogP contribution in [0.2, 0.25) is 0 Å². The van der Waals surface area contributed by atoms with E-state index >= 15 is 0 Å². The summed E-state index contributed by atoms with van der Waals surface area (Å²) in [4.78, 5) is 26.4. The highest BCUT2D eigenvalue weighted by Gasteiger charge is 2.29. The molecule has 1 aliphatic carbocycles. The fraction of sp³-hybridized carbons (Fsp3) is 0.167. The van der Waals surface area contributed by atoms with Crippen LogP contribution in [-0.4, -0.2) is 26.0 Å². The number of rotatable bonds is 4. The lowest BCUT2D eigenvalue weighted by Crippen LogP contribution is -2.14. The highest BCUT2D eigenvalue weighted by atomic mass is 32.1. The number of aromatic nitrogens is 4. The van der Waals surface area contributed by atoms with Crippen LogP contribution in [0, 0.1) is 0 Å². The minimum Gasteiger partial charge on any atom is -0.333 e. The summed E-state index contributed by atoms with van der Waals surface area (Å²) in [5.74, 6) is 1.26. The number of nitrogens with one attached hydrogen (secondary N) is 1. The predicted octanol–water partition coefficient (Wildman–Crippen LogP) is 3.87. The Morgan fingerprint density at radius 3 is 2.85 bits per heavy atom. The van der Waals surface area contributed by atoms with Crippen molar-refractivity contribution in [2.45, 2.75) is 18.8 Å².